The number of hydrogen-bond acceptors (Lipinski definition) is 1. The molecule has 1 aromatic carbocycles. The molecule has 0 unspecified atom stereocenters. The highest BCUT2D eigenvalue weighted by Gasteiger charge is 1.90. The van der Waals surface area contributed by atoms with Crippen LogP contribution in [0.15, 0.2) is 30.3 Å². The molecule has 0 radical (unpaired) electrons. The van der Waals surface area contributed by atoms with E-state index in [4.69, 9.17) is 0 Å². The summed E-state index contributed by atoms with van der Waals surface area (Å²) < 4.78 is 12.4. The van der Waals surface area contributed by atoms with Crippen LogP contribution in [-0.2, 0) is 4.79 Å². The van der Waals surface area contributed by atoms with Crippen LogP contribution in [0.4, 0.5) is 4.39 Å². The van der Waals surface area contributed by atoms with Crippen LogP contribution in [0.3, 0.4) is 0 Å². The first kappa shape index (κ1) is 17.7. The van der Waals surface area contributed by atoms with Gasteiger partial charge in [-0.1, -0.05) is 39.8 Å². The van der Waals surface area contributed by atoms with Gasteiger partial charge in [0.25, 0.3) is 0 Å². The van der Waals surface area contributed by atoms with Gasteiger partial charge in [-0.25, -0.2) is 4.39 Å². The van der Waals surface area contributed by atoms with Crippen LogP contribution in [-0.4, -0.2) is 13.0 Å². The number of likely N-dealkylation sites (N-methyl/N-ethyl adjacent to an activating group) is 1. The minimum absolute atomic E-state index is 0.177. The molecule has 0 bridgehead atoms. The topological polar surface area (TPSA) is 29.1 Å². The molecule has 17 heavy (non-hydrogen) atoms. The normalized spacial score (nSPS) is 8.59. The van der Waals surface area contributed by atoms with Gasteiger partial charge in [-0.2, -0.15) is 0 Å². The lowest BCUT2D eigenvalue weighted by atomic mass is 10.2. The van der Waals surface area contributed by atoms with E-state index in [1.807, 2.05) is 27.7 Å². The van der Waals surface area contributed by atoms with Gasteiger partial charge in [-0.15, -0.1) is 0 Å². The SMILES string of the molecule is CC.CC.CNC(=O)/C=C/c1ccc(F)cc1. The summed E-state index contributed by atoms with van der Waals surface area (Å²) in [6.07, 6.45) is 3.02. The Bertz CT molecular complexity index is 317. The summed E-state index contributed by atoms with van der Waals surface area (Å²) in [5.41, 5.74) is 0.796. The van der Waals surface area contributed by atoms with Gasteiger partial charge in [0.1, 0.15) is 5.82 Å². The molecule has 1 aromatic rings. The number of halogens is 1. The summed E-state index contributed by atoms with van der Waals surface area (Å²) in [6, 6.07) is 5.91. The molecule has 0 fully saturated rings. The van der Waals surface area contributed by atoms with Crippen molar-refractivity contribution < 1.29 is 9.18 Å². The highest BCUT2D eigenvalue weighted by molar-refractivity contribution is 5.91. The zero-order chi connectivity index (χ0) is 13.7. The number of amides is 1. The van der Waals surface area contributed by atoms with Crippen molar-refractivity contribution in [1.29, 1.82) is 0 Å². The number of benzene rings is 1. The Morgan fingerprint density at radius 3 is 2.00 bits per heavy atom. The molecule has 0 heterocycles. The van der Waals surface area contributed by atoms with E-state index in [1.54, 1.807) is 25.3 Å². The maximum Gasteiger partial charge on any atom is 0.243 e. The van der Waals surface area contributed by atoms with E-state index in [0.29, 0.717) is 0 Å². The van der Waals surface area contributed by atoms with Crippen molar-refractivity contribution in [3.05, 3.63) is 41.7 Å². The summed E-state index contributed by atoms with van der Waals surface area (Å²) in [5.74, 6) is -0.457. The fraction of sp³-hybridized carbons (Fsp3) is 0.357. The third-order valence-corrected chi connectivity index (χ3v) is 1.54. The van der Waals surface area contributed by atoms with Crippen LogP contribution < -0.4 is 5.32 Å². The molecule has 0 aliphatic carbocycles. The second-order valence-corrected chi connectivity index (χ2v) is 2.50. The van der Waals surface area contributed by atoms with E-state index in [0.717, 1.165) is 5.56 Å². The summed E-state index contributed by atoms with van der Waals surface area (Å²) in [7, 11) is 1.55. The van der Waals surface area contributed by atoms with Crippen LogP contribution in [0, 0.1) is 5.82 Å². The lowest BCUT2D eigenvalue weighted by Crippen LogP contribution is -2.13. The second-order valence-electron chi connectivity index (χ2n) is 2.50. The van der Waals surface area contributed by atoms with Crippen molar-refractivity contribution >= 4 is 12.0 Å². The number of rotatable bonds is 2. The first-order chi connectivity index (χ1) is 8.22. The summed E-state index contributed by atoms with van der Waals surface area (Å²) in [4.78, 5) is 10.8. The van der Waals surface area contributed by atoms with Crippen LogP contribution in [0.5, 0.6) is 0 Å². The maximum absolute atomic E-state index is 12.4. The number of nitrogens with one attached hydrogen (secondary N) is 1. The average Bonchev–Trinajstić information content (AvgIpc) is 2.42. The van der Waals surface area contributed by atoms with E-state index in [2.05, 4.69) is 5.32 Å². The minimum atomic E-state index is -0.280. The van der Waals surface area contributed by atoms with E-state index >= 15 is 0 Å². The average molecular weight is 239 g/mol. The quantitative estimate of drug-likeness (QED) is 0.784. The van der Waals surface area contributed by atoms with E-state index in [9.17, 15) is 9.18 Å². The van der Waals surface area contributed by atoms with Gasteiger partial charge in [0.05, 0.1) is 0 Å². The molecule has 0 saturated carbocycles. The van der Waals surface area contributed by atoms with E-state index < -0.39 is 0 Å². The Hall–Kier alpha value is -1.64. The van der Waals surface area contributed by atoms with Gasteiger partial charge in [0.15, 0.2) is 0 Å². The van der Waals surface area contributed by atoms with Crippen LogP contribution >= 0.6 is 0 Å². The molecule has 0 aliphatic heterocycles. The van der Waals surface area contributed by atoms with Crippen LogP contribution in [0.2, 0.25) is 0 Å². The molecule has 96 valence electrons. The Kier molecular flexibility index (Phi) is 13.0. The molecule has 1 amide bonds. The number of hydrogen-bond donors (Lipinski definition) is 1. The molecular weight excluding hydrogens is 217 g/mol. The highest BCUT2D eigenvalue weighted by Crippen LogP contribution is 2.04. The monoisotopic (exact) mass is 239 g/mol. The Balaban J connectivity index is 0. The van der Waals surface area contributed by atoms with Crippen LogP contribution in [0.25, 0.3) is 6.08 Å². The Morgan fingerprint density at radius 2 is 1.59 bits per heavy atom. The molecular formula is C14H22FNO. The van der Waals surface area contributed by atoms with Crippen molar-refractivity contribution in [2.45, 2.75) is 27.7 Å². The molecule has 1 N–H and O–H groups in total. The number of carbonyl (C=O) groups is 1. The van der Waals surface area contributed by atoms with Crippen LogP contribution in [0.1, 0.15) is 33.3 Å². The Labute approximate surface area is 104 Å². The molecule has 3 heteroatoms. The first-order valence-corrected chi connectivity index (χ1v) is 5.88. The van der Waals surface area contributed by atoms with Gasteiger partial charge < -0.3 is 5.32 Å². The van der Waals surface area contributed by atoms with Gasteiger partial charge >= 0.3 is 0 Å². The smallest absolute Gasteiger partial charge is 0.243 e. The highest BCUT2D eigenvalue weighted by atomic mass is 19.1. The molecule has 0 aromatic heterocycles. The van der Waals surface area contributed by atoms with Crippen molar-refractivity contribution in [1.82, 2.24) is 5.32 Å². The molecule has 0 aliphatic rings. The predicted molar refractivity (Wildman–Crippen MR) is 72.2 cm³/mol. The third kappa shape index (κ3) is 9.30. The van der Waals surface area contributed by atoms with Crippen molar-refractivity contribution in [3.63, 3.8) is 0 Å². The largest absolute Gasteiger partial charge is 0.356 e. The van der Waals surface area contributed by atoms with Gasteiger partial charge in [-0.05, 0) is 23.8 Å². The maximum atomic E-state index is 12.4. The standard InChI is InChI=1S/C10H10FNO.2C2H6/c1-12-10(13)7-4-8-2-5-9(11)6-3-8;2*1-2/h2-7H,1H3,(H,12,13);2*1-2H3/b7-4+;;. The molecule has 0 saturated heterocycles. The Morgan fingerprint density at radius 1 is 1.12 bits per heavy atom. The fourth-order valence-electron chi connectivity index (χ4n) is 0.829. The van der Waals surface area contributed by atoms with Crippen molar-refractivity contribution in [2.75, 3.05) is 7.05 Å². The summed E-state index contributed by atoms with van der Waals surface area (Å²) >= 11 is 0. The second kappa shape index (κ2) is 12.4. The number of carbonyl (C=O) groups excluding carboxylic acids is 1. The van der Waals surface area contributed by atoms with Crippen molar-refractivity contribution in [3.8, 4) is 0 Å². The van der Waals surface area contributed by atoms with Gasteiger partial charge in [0, 0.05) is 13.1 Å². The van der Waals surface area contributed by atoms with E-state index in [1.165, 1.54) is 18.2 Å². The van der Waals surface area contributed by atoms with Crippen molar-refractivity contribution in [2.24, 2.45) is 0 Å². The van der Waals surface area contributed by atoms with Gasteiger partial charge in [-0.3, -0.25) is 4.79 Å². The zero-order valence-corrected chi connectivity index (χ0v) is 11.3. The summed E-state index contributed by atoms with van der Waals surface area (Å²) in [6.45, 7) is 8.00. The molecule has 0 atom stereocenters. The zero-order valence-electron chi connectivity index (χ0n) is 11.3. The van der Waals surface area contributed by atoms with E-state index in [-0.39, 0.29) is 11.7 Å². The molecule has 0 spiro atoms. The third-order valence-electron chi connectivity index (χ3n) is 1.54. The minimum Gasteiger partial charge on any atom is -0.356 e. The lowest BCUT2D eigenvalue weighted by Gasteiger charge is -1.92. The first-order valence-electron chi connectivity index (χ1n) is 5.88. The fourth-order valence-corrected chi connectivity index (χ4v) is 0.829. The predicted octanol–water partition coefficient (Wildman–Crippen LogP) is 3.64. The van der Waals surface area contributed by atoms with Gasteiger partial charge in [0.2, 0.25) is 5.91 Å². The summed E-state index contributed by atoms with van der Waals surface area (Å²) in [5, 5.41) is 2.45. The lowest BCUT2D eigenvalue weighted by molar-refractivity contribution is -0.115. The molecule has 2 nitrogen and oxygen atoms in total. The molecule has 1 rings (SSSR count).